The van der Waals surface area contributed by atoms with Crippen LogP contribution in [0.4, 0.5) is 11.5 Å². The summed E-state index contributed by atoms with van der Waals surface area (Å²) in [4.78, 5) is 12.1. The Morgan fingerprint density at radius 1 is 1.42 bits per heavy atom. The van der Waals surface area contributed by atoms with Gasteiger partial charge in [0.2, 0.25) is 0 Å². The molecule has 1 aromatic carbocycles. The molecule has 19 heavy (non-hydrogen) atoms. The van der Waals surface area contributed by atoms with E-state index in [-0.39, 0.29) is 11.9 Å². The number of nitrogens with two attached hydrogens (primary N) is 1. The molecule has 0 aliphatic rings. The molecule has 0 aliphatic carbocycles. The van der Waals surface area contributed by atoms with E-state index in [1.807, 2.05) is 13.8 Å². The molecule has 100 valence electrons. The number of hydrogen-bond acceptors (Lipinski definition) is 3. The summed E-state index contributed by atoms with van der Waals surface area (Å²) in [6.07, 6.45) is 1.64. The maximum atomic E-state index is 12.1. The number of nitrogen functional groups attached to an aromatic ring is 1. The van der Waals surface area contributed by atoms with Crippen molar-refractivity contribution < 1.29 is 4.79 Å². The molecule has 0 radical (unpaired) electrons. The molecule has 1 amide bonds. The van der Waals surface area contributed by atoms with Gasteiger partial charge in [0.15, 0.2) is 0 Å². The summed E-state index contributed by atoms with van der Waals surface area (Å²) in [6, 6.07) is 6.68. The van der Waals surface area contributed by atoms with Crippen LogP contribution in [-0.2, 0) is 0 Å². The Hall–Kier alpha value is -2.01. The Kier molecular flexibility index (Phi) is 3.76. The molecule has 0 aliphatic heterocycles. The molecule has 0 unspecified atom stereocenters. The first-order valence-corrected chi connectivity index (χ1v) is 6.26. The third-order valence-electron chi connectivity index (χ3n) is 2.66. The number of anilines is 2. The predicted molar refractivity (Wildman–Crippen MR) is 76.4 cm³/mol. The van der Waals surface area contributed by atoms with Crippen LogP contribution in [0.15, 0.2) is 30.5 Å². The third kappa shape index (κ3) is 2.88. The van der Waals surface area contributed by atoms with Crippen molar-refractivity contribution in [3.63, 3.8) is 0 Å². The largest absolute Gasteiger partial charge is 0.398 e. The smallest absolute Gasteiger partial charge is 0.258 e. The SMILES string of the molecule is CC(C)n1nccc1NC(=O)c1ccc(Cl)cc1N. The van der Waals surface area contributed by atoms with Gasteiger partial charge in [0.05, 0.1) is 11.8 Å². The van der Waals surface area contributed by atoms with E-state index in [0.29, 0.717) is 22.1 Å². The van der Waals surface area contributed by atoms with Crippen molar-refractivity contribution in [3.8, 4) is 0 Å². The monoisotopic (exact) mass is 278 g/mol. The van der Waals surface area contributed by atoms with Gasteiger partial charge >= 0.3 is 0 Å². The average molecular weight is 279 g/mol. The van der Waals surface area contributed by atoms with Gasteiger partial charge in [0.25, 0.3) is 5.91 Å². The molecule has 0 atom stereocenters. The number of aromatic nitrogens is 2. The van der Waals surface area contributed by atoms with E-state index in [2.05, 4.69) is 10.4 Å². The van der Waals surface area contributed by atoms with Crippen molar-refractivity contribution in [2.24, 2.45) is 0 Å². The van der Waals surface area contributed by atoms with Crippen LogP contribution in [0.5, 0.6) is 0 Å². The Morgan fingerprint density at radius 3 is 2.79 bits per heavy atom. The van der Waals surface area contributed by atoms with Crippen molar-refractivity contribution in [1.82, 2.24) is 9.78 Å². The normalized spacial score (nSPS) is 10.7. The van der Waals surface area contributed by atoms with Gasteiger partial charge in [-0.25, -0.2) is 4.68 Å². The predicted octanol–water partition coefficient (Wildman–Crippen LogP) is 2.95. The van der Waals surface area contributed by atoms with Crippen LogP contribution in [0.3, 0.4) is 0 Å². The Balaban J connectivity index is 2.23. The zero-order valence-corrected chi connectivity index (χ0v) is 11.5. The molecule has 3 N–H and O–H groups in total. The van der Waals surface area contributed by atoms with Crippen molar-refractivity contribution in [3.05, 3.63) is 41.0 Å². The highest BCUT2D eigenvalue weighted by Crippen LogP contribution is 2.20. The molecule has 6 heteroatoms. The van der Waals surface area contributed by atoms with E-state index in [9.17, 15) is 4.79 Å². The van der Waals surface area contributed by atoms with Gasteiger partial charge in [-0.3, -0.25) is 4.79 Å². The minimum atomic E-state index is -0.281. The van der Waals surface area contributed by atoms with E-state index in [1.54, 1.807) is 35.1 Å². The van der Waals surface area contributed by atoms with Crippen molar-refractivity contribution in [1.29, 1.82) is 0 Å². The highest BCUT2D eigenvalue weighted by Gasteiger charge is 2.13. The molecule has 0 saturated heterocycles. The fourth-order valence-electron chi connectivity index (χ4n) is 1.75. The minimum absolute atomic E-state index is 0.160. The zero-order chi connectivity index (χ0) is 14.0. The Labute approximate surface area is 116 Å². The number of halogens is 1. The van der Waals surface area contributed by atoms with Crippen LogP contribution in [0.1, 0.15) is 30.2 Å². The maximum absolute atomic E-state index is 12.1. The van der Waals surface area contributed by atoms with Gasteiger partial charge < -0.3 is 11.1 Å². The molecular formula is C13H15ClN4O. The maximum Gasteiger partial charge on any atom is 0.258 e. The number of carbonyl (C=O) groups excluding carboxylic acids is 1. The summed E-state index contributed by atoms with van der Waals surface area (Å²) in [5, 5.41) is 7.44. The quantitative estimate of drug-likeness (QED) is 0.848. The summed E-state index contributed by atoms with van der Waals surface area (Å²) in [5.74, 6) is 0.353. The summed E-state index contributed by atoms with van der Waals surface area (Å²) in [7, 11) is 0. The highest BCUT2D eigenvalue weighted by molar-refractivity contribution is 6.31. The standard InChI is InChI=1S/C13H15ClN4O/c1-8(2)18-12(5-6-16-18)17-13(19)10-4-3-9(14)7-11(10)15/h3-8H,15H2,1-2H3,(H,17,19). The van der Waals surface area contributed by atoms with E-state index in [1.165, 1.54) is 0 Å². The lowest BCUT2D eigenvalue weighted by Crippen LogP contribution is -2.17. The molecule has 5 nitrogen and oxygen atoms in total. The van der Waals surface area contributed by atoms with Gasteiger partial charge in [-0.15, -0.1) is 0 Å². The van der Waals surface area contributed by atoms with Gasteiger partial charge in [0.1, 0.15) is 5.82 Å². The van der Waals surface area contributed by atoms with E-state index in [4.69, 9.17) is 17.3 Å². The Bertz CT molecular complexity index is 606. The molecule has 0 bridgehead atoms. The van der Waals surface area contributed by atoms with Gasteiger partial charge in [-0.05, 0) is 32.0 Å². The molecule has 0 saturated carbocycles. The molecule has 2 aromatic rings. The summed E-state index contributed by atoms with van der Waals surface area (Å²) < 4.78 is 1.73. The first-order chi connectivity index (χ1) is 8.99. The van der Waals surface area contributed by atoms with Crippen molar-refractivity contribution in [2.45, 2.75) is 19.9 Å². The number of rotatable bonds is 3. The zero-order valence-electron chi connectivity index (χ0n) is 10.7. The summed E-state index contributed by atoms with van der Waals surface area (Å²) >= 11 is 5.81. The van der Waals surface area contributed by atoms with E-state index in [0.717, 1.165) is 0 Å². The second kappa shape index (κ2) is 5.32. The van der Waals surface area contributed by atoms with Crippen LogP contribution < -0.4 is 11.1 Å². The number of benzene rings is 1. The number of nitrogens with one attached hydrogen (secondary N) is 1. The van der Waals surface area contributed by atoms with E-state index < -0.39 is 0 Å². The number of nitrogens with zero attached hydrogens (tertiary/aromatic N) is 2. The van der Waals surface area contributed by atoms with Crippen molar-refractivity contribution in [2.75, 3.05) is 11.1 Å². The van der Waals surface area contributed by atoms with Crippen LogP contribution >= 0.6 is 11.6 Å². The molecule has 0 spiro atoms. The lowest BCUT2D eigenvalue weighted by Gasteiger charge is -2.12. The fourth-order valence-corrected chi connectivity index (χ4v) is 1.93. The number of hydrogen-bond donors (Lipinski definition) is 2. The lowest BCUT2D eigenvalue weighted by molar-refractivity contribution is 0.102. The second-order valence-electron chi connectivity index (χ2n) is 4.44. The van der Waals surface area contributed by atoms with Crippen molar-refractivity contribution >= 4 is 29.0 Å². The molecular weight excluding hydrogens is 264 g/mol. The van der Waals surface area contributed by atoms with Gasteiger partial charge in [-0.1, -0.05) is 11.6 Å². The average Bonchev–Trinajstić information content (AvgIpc) is 2.76. The molecule has 1 heterocycles. The second-order valence-corrected chi connectivity index (χ2v) is 4.88. The first-order valence-electron chi connectivity index (χ1n) is 5.89. The van der Waals surface area contributed by atoms with Crippen LogP contribution in [-0.4, -0.2) is 15.7 Å². The topological polar surface area (TPSA) is 72.9 Å². The van der Waals surface area contributed by atoms with Gasteiger partial charge in [-0.2, -0.15) is 5.10 Å². The first kappa shape index (κ1) is 13.4. The third-order valence-corrected chi connectivity index (χ3v) is 2.89. The number of carbonyl (C=O) groups is 1. The van der Waals surface area contributed by atoms with Gasteiger partial charge in [0, 0.05) is 22.8 Å². The molecule has 0 fully saturated rings. The lowest BCUT2D eigenvalue weighted by atomic mass is 10.1. The molecule has 1 aromatic heterocycles. The fraction of sp³-hybridized carbons (Fsp3) is 0.231. The minimum Gasteiger partial charge on any atom is -0.398 e. The van der Waals surface area contributed by atoms with E-state index >= 15 is 0 Å². The molecule has 2 rings (SSSR count). The van der Waals surface area contributed by atoms with Crippen LogP contribution in [0, 0.1) is 0 Å². The number of amides is 1. The van der Waals surface area contributed by atoms with Crippen LogP contribution in [0.25, 0.3) is 0 Å². The Morgan fingerprint density at radius 2 is 2.16 bits per heavy atom. The highest BCUT2D eigenvalue weighted by atomic mass is 35.5. The summed E-state index contributed by atoms with van der Waals surface area (Å²) in [6.45, 7) is 3.97. The summed E-state index contributed by atoms with van der Waals surface area (Å²) in [5.41, 5.74) is 6.52. The van der Waals surface area contributed by atoms with Crippen LogP contribution in [0.2, 0.25) is 5.02 Å².